The zero-order valence-electron chi connectivity index (χ0n) is 23.6. The Morgan fingerprint density at radius 1 is 1.05 bits per heavy atom. The van der Waals surface area contributed by atoms with Gasteiger partial charge in [-0.2, -0.15) is 0 Å². The highest BCUT2D eigenvalue weighted by molar-refractivity contribution is 7.13. The molecular formula is C31H31N5O5S. The maximum absolute atomic E-state index is 13.9. The number of thiophene rings is 1. The number of anilines is 1. The lowest BCUT2D eigenvalue weighted by Crippen LogP contribution is -2.26. The number of benzene rings is 1. The van der Waals surface area contributed by atoms with E-state index in [0.29, 0.717) is 48.1 Å². The van der Waals surface area contributed by atoms with Crippen LogP contribution in [0.5, 0.6) is 5.75 Å². The first-order valence-corrected chi connectivity index (χ1v) is 14.5. The minimum atomic E-state index is -0.743. The van der Waals surface area contributed by atoms with Crippen molar-refractivity contribution in [2.24, 2.45) is 5.73 Å². The van der Waals surface area contributed by atoms with Gasteiger partial charge < -0.3 is 25.8 Å². The number of carbonyl (C=O) groups is 3. The van der Waals surface area contributed by atoms with Crippen LogP contribution in [0.3, 0.4) is 0 Å². The molecule has 216 valence electrons. The highest BCUT2D eigenvalue weighted by atomic mass is 32.1. The Bertz CT molecular complexity index is 1680. The number of nitrogens with zero attached hydrogens (tertiary/aromatic N) is 2. The SMILES string of the molecule is CCCNC(=O)c1ccc(-c2cc3c(cc2C(=O)Nc2ccc(CN)c(C)n2)-c2sccc2CCO3)c(C(=O)OC)n1. The van der Waals surface area contributed by atoms with Crippen molar-refractivity contribution >= 4 is 34.9 Å². The number of carbonyl (C=O) groups excluding carboxylic acids is 3. The molecule has 0 spiro atoms. The number of fused-ring (bicyclic) bond motifs is 3. The first-order valence-electron chi connectivity index (χ1n) is 13.6. The van der Waals surface area contributed by atoms with Crippen molar-refractivity contribution in [3.05, 3.63) is 81.6 Å². The maximum atomic E-state index is 13.9. The van der Waals surface area contributed by atoms with E-state index in [1.54, 1.807) is 35.6 Å². The van der Waals surface area contributed by atoms with Gasteiger partial charge in [0, 0.05) is 52.3 Å². The highest BCUT2D eigenvalue weighted by Crippen LogP contribution is 2.43. The molecule has 42 heavy (non-hydrogen) atoms. The topological polar surface area (TPSA) is 146 Å². The molecule has 0 fully saturated rings. The van der Waals surface area contributed by atoms with Gasteiger partial charge in [-0.1, -0.05) is 13.0 Å². The Hall–Kier alpha value is -4.61. The van der Waals surface area contributed by atoms with Crippen LogP contribution in [0.15, 0.2) is 47.8 Å². The fourth-order valence-electron chi connectivity index (χ4n) is 4.77. The largest absolute Gasteiger partial charge is 0.493 e. The van der Waals surface area contributed by atoms with Gasteiger partial charge in [-0.3, -0.25) is 9.59 Å². The summed E-state index contributed by atoms with van der Waals surface area (Å²) in [5.74, 6) is -0.664. The van der Waals surface area contributed by atoms with Crippen LogP contribution in [0, 0.1) is 6.92 Å². The van der Waals surface area contributed by atoms with E-state index in [9.17, 15) is 14.4 Å². The van der Waals surface area contributed by atoms with Crippen LogP contribution in [0.25, 0.3) is 21.6 Å². The number of esters is 1. The molecule has 1 aliphatic rings. The number of ether oxygens (including phenoxy) is 2. The number of hydrogen-bond acceptors (Lipinski definition) is 9. The number of aromatic nitrogens is 2. The molecule has 11 heteroatoms. The number of rotatable bonds is 8. The number of pyridine rings is 2. The molecule has 3 aromatic heterocycles. The molecule has 10 nitrogen and oxygen atoms in total. The minimum absolute atomic E-state index is 0.0625. The number of nitrogens with one attached hydrogen (secondary N) is 2. The summed E-state index contributed by atoms with van der Waals surface area (Å²) in [6, 6.07) is 12.2. The third-order valence-electron chi connectivity index (χ3n) is 6.97. The number of methoxy groups -OCH3 is 1. The number of hydrogen-bond donors (Lipinski definition) is 3. The average Bonchev–Trinajstić information content (AvgIpc) is 3.40. The first kappa shape index (κ1) is 28.9. The summed E-state index contributed by atoms with van der Waals surface area (Å²) in [5.41, 5.74) is 10.2. The second kappa shape index (κ2) is 12.5. The van der Waals surface area contributed by atoms with Gasteiger partial charge in [0.1, 0.15) is 17.3 Å². The smallest absolute Gasteiger partial charge is 0.357 e. The van der Waals surface area contributed by atoms with Crippen LogP contribution >= 0.6 is 11.3 Å². The van der Waals surface area contributed by atoms with Gasteiger partial charge in [-0.25, -0.2) is 14.8 Å². The van der Waals surface area contributed by atoms with Gasteiger partial charge in [0.05, 0.1) is 13.7 Å². The van der Waals surface area contributed by atoms with Crippen LogP contribution in [-0.2, 0) is 17.7 Å². The summed E-state index contributed by atoms with van der Waals surface area (Å²) in [6.07, 6.45) is 1.47. The molecule has 0 radical (unpaired) electrons. The van der Waals surface area contributed by atoms with Crippen LogP contribution in [0.2, 0.25) is 0 Å². The quantitative estimate of drug-likeness (QED) is 0.251. The minimum Gasteiger partial charge on any atom is -0.493 e. The molecule has 1 aromatic carbocycles. The van der Waals surface area contributed by atoms with Crippen LogP contribution < -0.4 is 21.1 Å². The molecule has 4 aromatic rings. The second-order valence-electron chi connectivity index (χ2n) is 9.71. The number of nitrogens with two attached hydrogens (primary N) is 1. The van der Waals surface area contributed by atoms with Gasteiger partial charge in [0.2, 0.25) is 0 Å². The standard InChI is InChI=1S/C31H31N5O5S/c1-4-11-33-30(38)24-7-6-20(27(35-24)31(39)40-3)21-15-25-23(28-18(9-12-41-25)10-13-42-28)14-22(21)29(37)36-26-8-5-19(16-32)17(2)34-26/h5-8,10,13-15H,4,9,11-12,16,32H2,1-3H3,(H,33,38)(H,34,36,37). The van der Waals surface area contributed by atoms with E-state index in [0.717, 1.165) is 34.4 Å². The lowest BCUT2D eigenvalue weighted by Gasteiger charge is -2.17. The predicted octanol–water partition coefficient (Wildman–Crippen LogP) is 4.75. The zero-order chi connectivity index (χ0) is 29.8. The summed E-state index contributed by atoms with van der Waals surface area (Å²) in [4.78, 5) is 49.4. The van der Waals surface area contributed by atoms with E-state index in [-0.39, 0.29) is 17.0 Å². The molecule has 2 amide bonds. The third kappa shape index (κ3) is 5.74. The molecule has 0 bridgehead atoms. The fourth-order valence-corrected chi connectivity index (χ4v) is 5.75. The Morgan fingerprint density at radius 2 is 1.88 bits per heavy atom. The summed E-state index contributed by atoms with van der Waals surface area (Å²) in [7, 11) is 1.24. The van der Waals surface area contributed by atoms with Crippen molar-refractivity contribution in [1.82, 2.24) is 15.3 Å². The van der Waals surface area contributed by atoms with Crippen LogP contribution in [0.4, 0.5) is 5.82 Å². The maximum Gasteiger partial charge on any atom is 0.357 e. The van der Waals surface area contributed by atoms with Crippen molar-refractivity contribution in [1.29, 1.82) is 0 Å². The van der Waals surface area contributed by atoms with Crippen molar-refractivity contribution in [3.63, 3.8) is 0 Å². The van der Waals surface area contributed by atoms with Crippen molar-refractivity contribution in [2.45, 2.75) is 33.2 Å². The molecule has 4 N–H and O–H groups in total. The predicted molar refractivity (Wildman–Crippen MR) is 161 cm³/mol. The molecule has 0 unspecified atom stereocenters. The van der Waals surface area contributed by atoms with Crippen molar-refractivity contribution < 1.29 is 23.9 Å². The third-order valence-corrected chi connectivity index (χ3v) is 7.96. The first-order chi connectivity index (χ1) is 20.3. The van der Waals surface area contributed by atoms with E-state index in [1.807, 2.05) is 25.3 Å². The van der Waals surface area contributed by atoms with Crippen LogP contribution in [0.1, 0.15) is 61.5 Å². The molecule has 5 rings (SSSR count). The van der Waals surface area contributed by atoms with Crippen molar-refractivity contribution in [2.75, 3.05) is 25.6 Å². The lowest BCUT2D eigenvalue weighted by molar-refractivity contribution is 0.0594. The summed E-state index contributed by atoms with van der Waals surface area (Å²) >= 11 is 1.57. The van der Waals surface area contributed by atoms with Gasteiger partial charge in [-0.05, 0) is 66.2 Å². The Labute approximate surface area is 247 Å². The van der Waals surface area contributed by atoms with E-state index < -0.39 is 17.8 Å². The lowest BCUT2D eigenvalue weighted by atomic mass is 9.93. The van der Waals surface area contributed by atoms with Gasteiger partial charge in [0.25, 0.3) is 11.8 Å². The number of amides is 2. The summed E-state index contributed by atoms with van der Waals surface area (Å²) in [5, 5.41) is 7.67. The molecule has 0 saturated heterocycles. The Balaban J connectivity index is 1.67. The fraction of sp³-hybridized carbons (Fsp3) is 0.258. The molecule has 1 aliphatic heterocycles. The molecular weight excluding hydrogens is 554 g/mol. The van der Waals surface area contributed by atoms with Gasteiger partial charge in [-0.15, -0.1) is 11.3 Å². The summed E-state index contributed by atoms with van der Waals surface area (Å²) < 4.78 is 11.2. The molecule has 0 atom stereocenters. The Kier molecular flexibility index (Phi) is 8.60. The van der Waals surface area contributed by atoms with Crippen molar-refractivity contribution in [3.8, 4) is 27.3 Å². The molecule has 0 saturated carbocycles. The molecule has 0 aliphatic carbocycles. The average molecular weight is 586 g/mol. The normalized spacial score (nSPS) is 11.9. The monoisotopic (exact) mass is 585 g/mol. The zero-order valence-corrected chi connectivity index (χ0v) is 24.4. The van der Waals surface area contributed by atoms with E-state index >= 15 is 0 Å². The number of aryl methyl sites for hydroxylation is 1. The Morgan fingerprint density at radius 3 is 2.62 bits per heavy atom. The van der Waals surface area contributed by atoms with Crippen LogP contribution in [-0.4, -0.2) is 48.0 Å². The van der Waals surface area contributed by atoms with E-state index in [4.69, 9.17) is 15.2 Å². The van der Waals surface area contributed by atoms with E-state index in [1.165, 1.54) is 13.2 Å². The second-order valence-corrected chi connectivity index (χ2v) is 10.6. The summed E-state index contributed by atoms with van der Waals surface area (Å²) in [6.45, 7) is 5.02. The highest BCUT2D eigenvalue weighted by Gasteiger charge is 2.27. The van der Waals surface area contributed by atoms with Gasteiger partial charge >= 0.3 is 5.97 Å². The van der Waals surface area contributed by atoms with E-state index in [2.05, 4.69) is 26.7 Å². The van der Waals surface area contributed by atoms with Gasteiger partial charge in [0.15, 0.2) is 5.69 Å². The molecule has 4 heterocycles.